The predicted octanol–water partition coefficient (Wildman–Crippen LogP) is 14.2. The molecule has 2 unspecified atom stereocenters. The zero-order chi connectivity index (χ0) is 65.8. The maximum absolute atomic E-state index is 15.7. The van der Waals surface area contributed by atoms with Crippen LogP contribution in [0.1, 0.15) is 101 Å². The summed E-state index contributed by atoms with van der Waals surface area (Å²) in [6.45, 7) is 11.6. The minimum absolute atomic E-state index is 0.0256. The molecule has 0 aliphatic carbocycles. The number of esters is 2. The van der Waals surface area contributed by atoms with Crippen molar-refractivity contribution < 1.29 is 79.9 Å². The van der Waals surface area contributed by atoms with E-state index in [4.69, 9.17) is 28.4 Å². The number of imide groups is 2. The van der Waals surface area contributed by atoms with Crippen LogP contribution in [0.3, 0.4) is 0 Å². The summed E-state index contributed by atoms with van der Waals surface area (Å²) in [6.07, 6.45) is -6.01. The van der Waals surface area contributed by atoms with Crippen molar-refractivity contribution in [2.24, 2.45) is 0 Å². The van der Waals surface area contributed by atoms with Crippen LogP contribution in [-0.2, 0) is 28.7 Å². The summed E-state index contributed by atoms with van der Waals surface area (Å²) < 4.78 is 82.8. The van der Waals surface area contributed by atoms with Gasteiger partial charge in [-0.3, -0.25) is 38.6 Å². The smallest absolute Gasteiger partial charge is 0.391 e. The number of carbonyl (C=O) groups excluding carboxylic acids is 8. The third kappa shape index (κ3) is 12.9. The Balaban J connectivity index is 1.18. The summed E-state index contributed by atoms with van der Waals surface area (Å²) >= 11 is 0. The van der Waals surface area contributed by atoms with Gasteiger partial charge in [0.25, 0.3) is 23.6 Å². The van der Waals surface area contributed by atoms with Gasteiger partial charge in [-0.05, 0) is 119 Å². The second-order valence-electron chi connectivity index (χ2n) is 22.4. The van der Waals surface area contributed by atoms with Gasteiger partial charge in [-0.2, -0.15) is 13.2 Å². The number of carbonyl (C=O) groups is 8. The Bertz CT molecular complexity index is 4270. The fraction of sp³-hybridized carbons (Fsp3) is 0.222. The number of unbranched alkanes of at least 4 members (excludes halogenated alkanes) is 2. The molecule has 0 bridgehead atoms. The molecule has 21 heteroatoms. The van der Waals surface area contributed by atoms with Gasteiger partial charge in [-0.25, -0.2) is 9.59 Å². The molecule has 6 amide bonds. The highest BCUT2D eigenvalue weighted by molar-refractivity contribution is 6.45. The van der Waals surface area contributed by atoms with Gasteiger partial charge in [0, 0.05) is 67.3 Å². The Morgan fingerprint density at radius 2 is 0.731 bits per heavy atom. The van der Waals surface area contributed by atoms with Crippen LogP contribution in [0.5, 0.6) is 46.0 Å². The number of hydrogen-bond acceptors (Lipinski definition) is 14. The molecule has 0 spiro atoms. The average molecular weight is 1260 g/mol. The number of benzene rings is 9. The van der Waals surface area contributed by atoms with Crippen molar-refractivity contribution in [1.29, 1.82) is 0 Å². The van der Waals surface area contributed by atoms with Gasteiger partial charge in [-0.15, -0.1) is 0 Å². The SMILES string of the molecule is C=C(C)C(=O)OCCCCNC(=O)C(CC)N1C(=O)c2cc(Oc3ccccc3)c3c4c(Oc5ccccc5)cc5c6c(cc(Oc7ccccc7)c(c7c(Oc8ccccc8)cc(c2c37)C1=O)c64)C(=O)N(C(CC(F)(F)F)C(=O)NCCCCOC(=O)C(=C)C)C5=O. The highest BCUT2D eigenvalue weighted by Gasteiger charge is 2.48. The van der Waals surface area contributed by atoms with Gasteiger partial charge in [0.15, 0.2) is 0 Å². The second-order valence-corrected chi connectivity index (χ2v) is 22.4. The molecule has 18 nitrogen and oxygen atoms in total. The molecule has 0 radical (unpaired) electrons. The number of para-hydroxylation sites is 4. The molecule has 2 N–H and O–H groups in total. The Kier molecular flexibility index (Phi) is 18.3. The molecule has 9 aromatic carbocycles. The van der Waals surface area contributed by atoms with Gasteiger partial charge in [0.05, 0.1) is 41.9 Å². The Morgan fingerprint density at radius 3 is 1.01 bits per heavy atom. The van der Waals surface area contributed by atoms with Crippen molar-refractivity contribution in [3.63, 3.8) is 0 Å². The third-order valence-corrected chi connectivity index (χ3v) is 15.8. The summed E-state index contributed by atoms with van der Waals surface area (Å²) in [5, 5.41) is 5.99. The van der Waals surface area contributed by atoms with E-state index in [0.717, 1.165) is 4.90 Å². The van der Waals surface area contributed by atoms with E-state index in [1.54, 1.807) is 128 Å². The Morgan fingerprint density at radius 1 is 0.441 bits per heavy atom. The number of rotatable bonds is 26. The molecule has 0 saturated heterocycles. The molecule has 0 fully saturated rings. The van der Waals surface area contributed by atoms with E-state index in [2.05, 4.69) is 23.8 Å². The van der Waals surface area contributed by atoms with E-state index in [9.17, 15) is 32.3 Å². The van der Waals surface area contributed by atoms with Crippen molar-refractivity contribution in [1.82, 2.24) is 20.4 Å². The van der Waals surface area contributed by atoms with Gasteiger partial charge in [0.2, 0.25) is 11.8 Å². The number of hydrogen-bond donors (Lipinski definition) is 2. The van der Waals surface area contributed by atoms with Gasteiger partial charge in [0.1, 0.15) is 58.1 Å². The van der Waals surface area contributed by atoms with Crippen LogP contribution in [0.4, 0.5) is 13.2 Å². The third-order valence-electron chi connectivity index (χ3n) is 15.8. The molecule has 2 heterocycles. The molecule has 9 aromatic rings. The fourth-order valence-corrected chi connectivity index (χ4v) is 11.6. The maximum Gasteiger partial charge on any atom is 0.391 e. The van der Waals surface area contributed by atoms with Crippen LogP contribution in [0.15, 0.2) is 170 Å². The highest BCUT2D eigenvalue weighted by Crippen LogP contribution is 2.58. The first kappa shape index (κ1) is 63.5. The summed E-state index contributed by atoms with van der Waals surface area (Å²) in [6, 6.07) is 35.2. The van der Waals surface area contributed by atoms with Crippen molar-refractivity contribution in [2.45, 2.75) is 77.6 Å². The molecule has 2 aliphatic heterocycles. The molecular weight excluding hydrogens is 1200 g/mol. The fourth-order valence-electron chi connectivity index (χ4n) is 11.6. The van der Waals surface area contributed by atoms with Gasteiger partial charge < -0.3 is 39.1 Å². The Hall–Kier alpha value is -11.1. The van der Waals surface area contributed by atoms with E-state index >= 15 is 19.2 Å². The molecule has 0 saturated carbocycles. The predicted molar refractivity (Wildman–Crippen MR) is 339 cm³/mol. The summed E-state index contributed by atoms with van der Waals surface area (Å²) in [4.78, 5) is 117. The number of amides is 6. The number of ether oxygens (including phenoxy) is 6. The molecule has 2 aliphatic rings. The minimum Gasteiger partial charge on any atom is -0.462 e. The lowest BCUT2D eigenvalue weighted by atomic mass is 9.80. The van der Waals surface area contributed by atoms with E-state index in [1.165, 1.54) is 38.1 Å². The molecule has 474 valence electrons. The zero-order valence-electron chi connectivity index (χ0n) is 50.7. The number of halogens is 3. The van der Waals surface area contributed by atoms with Crippen LogP contribution >= 0.6 is 0 Å². The van der Waals surface area contributed by atoms with Crippen molar-refractivity contribution in [2.75, 3.05) is 26.3 Å². The molecule has 0 aromatic heterocycles. The summed E-state index contributed by atoms with van der Waals surface area (Å²) in [5.74, 6) is -6.92. The monoisotopic (exact) mass is 1260 g/mol. The lowest BCUT2D eigenvalue weighted by molar-refractivity contribution is -0.153. The number of nitrogens with zero attached hydrogens (tertiary/aromatic N) is 2. The molecule has 2 atom stereocenters. The van der Waals surface area contributed by atoms with Gasteiger partial charge in [-0.1, -0.05) is 92.9 Å². The van der Waals surface area contributed by atoms with E-state index < -0.39 is 72.1 Å². The van der Waals surface area contributed by atoms with Crippen LogP contribution < -0.4 is 29.6 Å². The van der Waals surface area contributed by atoms with Gasteiger partial charge >= 0.3 is 18.1 Å². The molecular formula is C72H61F3N4O14. The standard InChI is InChI=1S/C72H61F3N4O14/c1-6-50(64(80)76-31-19-21-33-88-70(86)40(2)3)78-66(82)46-35-52(90-42-23-11-7-12-24-42)58-60-54(92-44-27-15-9-16-28-44)37-48-57-49(69(85)79(68(48)84)51(39-72(73,74)75)65(81)77-32-20-22-34-89-71(87)41(4)5)38-55(93-45-29-17-10-18-30-45)61(63(57)60)59-53(91-43-25-13-8-14-26-43)36-47(67(78)83)56(46)62(58)59/h7-18,23-30,35-38,50-51H,2,4,6,19-22,31-34,39H2,1,3,5H3,(H,76,80)(H,77,81). The van der Waals surface area contributed by atoms with Crippen LogP contribution in [-0.4, -0.2) is 102 Å². The zero-order valence-corrected chi connectivity index (χ0v) is 50.7. The molecule has 93 heavy (non-hydrogen) atoms. The largest absolute Gasteiger partial charge is 0.462 e. The summed E-state index contributed by atoms with van der Waals surface area (Å²) in [5.41, 5.74) is -0.496. The van der Waals surface area contributed by atoms with Crippen LogP contribution in [0.2, 0.25) is 0 Å². The van der Waals surface area contributed by atoms with E-state index in [1.807, 2.05) is 0 Å². The van der Waals surface area contributed by atoms with Crippen LogP contribution in [0.25, 0.3) is 43.1 Å². The quantitative estimate of drug-likeness (QED) is 0.0129. The topological polar surface area (TPSA) is 222 Å². The Labute approximate surface area is 530 Å². The lowest BCUT2D eigenvalue weighted by Gasteiger charge is -2.35. The first-order valence-corrected chi connectivity index (χ1v) is 30.1. The van der Waals surface area contributed by atoms with Crippen molar-refractivity contribution in [3.05, 3.63) is 192 Å². The molecule has 11 rings (SSSR count). The van der Waals surface area contributed by atoms with Crippen molar-refractivity contribution in [3.8, 4) is 46.0 Å². The van der Waals surface area contributed by atoms with Crippen molar-refractivity contribution >= 4 is 90.5 Å². The normalized spacial score (nSPS) is 13.5. The first-order chi connectivity index (χ1) is 44.7. The first-order valence-electron chi connectivity index (χ1n) is 30.1. The minimum atomic E-state index is -5.12. The average Bonchev–Trinajstić information content (AvgIpc) is 0.674. The lowest BCUT2D eigenvalue weighted by Crippen LogP contribution is -2.55. The summed E-state index contributed by atoms with van der Waals surface area (Å²) in [7, 11) is 0. The maximum atomic E-state index is 15.7. The number of fused-ring (bicyclic) bond motifs is 2. The van der Waals surface area contributed by atoms with E-state index in [0.29, 0.717) is 17.7 Å². The van der Waals surface area contributed by atoms with Crippen LogP contribution in [0, 0.1) is 0 Å². The second kappa shape index (κ2) is 26.8. The number of alkyl halides is 3. The van der Waals surface area contributed by atoms with E-state index in [-0.39, 0.29) is 168 Å². The number of nitrogens with one attached hydrogen (secondary N) is 2. The highest BCUT2D eigenvalue weighted by atomic mass is 19.4.